The van der Waals surface area contributed by atoms with Gasteiger partial charge in [0.15, 0.2) is 12.2 Å². The third kappa shape index (κ3) is 3.52. The summed E-state index contributed by atoms with van der Waals surface area (Å²) >= 11 is 0. The fraction of sp³-hybridized carbons (Fsp3) is 0.143. The van der Waals surface area contributed by atoms with E-state index in [-0.39, 0.29) is 5.91 Å². The molecule has 2 heterocycles. The summed E-state index contributed by atoms with van der Waals surface area (Å²) in [4.78, 5) is 19.3. The van der Waals surface area contributed by atoms with Crippen LogP contribution in [0.4, 0.5) is 5.69 Å². The first-order chi connectivity index (χ1) is 12.8. The Kier molecular flexibility index (Phi) is 4.51. The molecule has 0 aliphatic rings. The third-order valence-corrected chi connectivity index (χ3v) is 4.41. The maximum Gasteiger partial charge on any atom is 0.224 e. The van der Waals surface area contributed by atoms with Gasteiger partial charge in [0.25, 0.3) is 0 Å². The zero-order valence-corrected chi connectivity index (χ0v) is 14.2. The summed E-state index contributed by atoms with van der Waals surface area (Å²) in [6.07, 6.45) is 7.27. The zero-order chi connectivity index (χ0) is 17.8. The summed E-state index contributed by atoms with van der Waals surface area (Å²) in [5.74, 6) is 0.735. The second-order valence-electron chi connectivity index (χ2n) is 6.20. The van der Waals surface area contributed by atoms with Gasteiger partial charge in [-0.15, -0.1) is 0 Å². The summed E-state index contributed by atoms with van der Waals surface area (Å²) in [5.41, 5.74) is 4.11. The molecule has 26 heavy (non-hydrogen) atoms. The van der Waals surface area contributed by atoms with E-state index in [1.807, 2.05) is 42.6 Å². The van der Waals surface area contributed by atoms with Gasteiger partial charge in [-0.2, -0.15) is 0 Å². The van der Waals surface area contributed by atoms with Gasteiger partial charge in [0.1, 0.15) is 0 Å². The molecular weight excluding hydrogens is 326 g/mol. The molecule has 0 aliphatic heterocycles. The summed E-state index contributed by atoms with van der Waals surface area (Å²) < 4.78 is 5.26. The molecule has 2 aromatic heterocycles. The van der Waals surface area contributed by atoms with E-state index in [4.69, 9.17) is 4.42 Å². The van der Waals surface area contributed by atoms with Crippen LogP contribution >= 0.6 is 0 Å². The second kappa shape index (κ2) is 7.27. The number of oxazole rings is 1. The van der Waals surface area contributed by atoms with E-state index >= 15 is 0 Å². The van der Waals surface area contributed by atoms with Gasteiger partial charge in [-0.25, -0.2) is 4.98 Å². The van der Waals surface area contributed by atoms with E-state index in [1.165, 1.54) is 17.3 Å². The molecular formula is C21H19N3O2. The smallest absolute Gasteiger partial charge is 0.224 e. The summed E-state index contributed by atoms with van der Waals surface area (Å²) in [6, 6.07) is 15.8. The number of para-hydroxylation sites is 1. The van der Waals surface area contributed by atoms with E-state index in [9.17, 15) is 4.79 Å². The zero-order valence-electron chi connectivity index (χ0n) is 14.2. The van der Waals surface area contributed by atoms with Crippen molar-refractivity contribution in [3.05, 3.63) is 72.9 Å². The number of nitrogens with one attached hydrogen (secondary N) is 2. The highest BCUT2D eigenvalue weighted by Gasteiger charge is 2.07. The van der Waals surface area contributed by atoms with Crippen molar-refractivity contribution in [2.24, 2.45) is 0 Å². The molecule has 0 spiro atoms. The van der Waals surface area contributed by atoms with Gasteiger partial charge < -0.3 is 14.7 Å². The SMILES string of the molecule is O=C(CCCc1c[nH]c2ccccc12)Nc1ccc(-c2cnco2)cc1. The number of aromatic nitrogens is 2. The Hall–Kier alpha value is -3.34. The standard InChI is InChI=1S/C21H19N3O2/c25-21(7-3-4-16-12-23-19-6-2-1-5-18(16)19)24-17-10-8-15(9-11-17)20-13-22-14-26-20/h1-2,5-6,8-14,23H,3-4,7H2,(H,24,25). The number of hydrogen-bond acceptors (Lipinski definition) is 3. The van der Waals surface area contributed by atoms with Gasteiger partial charge in [-0.3, -0.25) is 4.79 Å². The maximum atomic E-state index is 12.2. The molecule has 4 rings (SSSR count). The van der Waals surface area contributed by atoms with Crippen molar-refractivity contribution in [3.8, 4) is 11.3 Å². The minimum atomic E-state index is 0.0252. The van der Waals surface area contributed by atoms with Gasteiger partial charge in [0.05, 0.1) is 6.20 Å². The first kappa shape index (κ1) is 16.1. The van der Waals surface area contributed by atoms with Crippen LogP contribution in [0.25, 0.3) is 22.2 Å². The minimum Gasteiger partial charge on any atom is -0.444 e. The van der Waals surface area contributed by atoms with Crippen molar-refractivity contribution >= 4 is 22.5 Å². The van der Waals surface area contributed by atoms with E-state index in [1.54, 1.807) is 6.20 Å². The van der Waals surface area contributed by atoms with E-state index in [2.05, 4.69) is 27.4 Å². The van der Waals surface area contributed by atoms with Crippen LogP contribution < -0.4 is 5.32 Å². The molecule has 5 nitrogen and oxygen atoms in total. The number of anilines is 1. The lowest BCUT2D eigenvalue weighted by molar-refractivity contribution is -0.116. The topological polar surface area (TPSA) is 70.9 Å². The second-order valence-corrected chi connectivity index (χ2v) is 6.20. The van der Waals surface area contributed by atoms with Crippen LogP contribution in [0.2, 0.25) is 0 Å². The molecule has 2 N–H and O–H groups in total. The number of H-pyrrole nitrogens is 1. The van der Waals surface area contributed by atoms with Gasteiger partial charge in [-0.05, 0) is 48.7 Å². The lowest BCUT2D eigenvalue weighted by Gasteiger charge is -2.06. The molecule has 0 radical (unpaired) electrons. The third-order valence-electron chi connectivity index (χ3n) is 4.41. The Morgan fingerprint density at radius 2 is 1.96 bits per heavy atom. The molecule has 0 saturated carbocycles. The van der Waals surface area contributed by atoms with E-state index in [0.717, 1.165) is 29.6 Å². The van der Waals surface area contributed by atoms with Crippen LogP contribution in [0.5, 0.6) is 0 Å². The number of carbonyl (C=O) groups is 1. The van der Waals surface area contributed by atoms with Gasteiger partial charge in [-0.1, -0.05) is 18.2 Å². The van der Waals surface area contributed by atoms with Crippen LogP contribution in [-0.2, 0) is 11.2 Å². The number of aromatic amines is 1. The van der Waals surface area contributed by atoms with Crippen molar-refractivity contribution in [3.63, 3.8) is 0 Å². The van der Waals surface area contributed by atoms with Gasteiger partial charge in [0, 0.05) is 34.8 Å². The Bertz CT molecular complexity index is 1000. The fourth-order valence-electron chi connectivity index (χ4n) is 3.08. The fourth-order valence-corrected chi connectivity index (χ4v) is 3.08. The largest absolute Gasteiger partial charge is 0.444 e. The molecule has 0 unspecified atom stereocenters. The summed E-state index contributed by atoms with van der Waals surface area (Å²) in [6.45, 7) is 0. The van der Waals surface area contributed by atoms with E-state index < -0.39 is 0 Å². The van der Waals surface area contributed by atoms with Crippen LogP contribution in [0.15, 0.2) is 71.7 Å². The quantitative estimate of drug-likeness (QED) is 0.528. The molecule has 5 heteroatoms. The number of nitrogens with zero attached hydrogens (tertiary/aromatic N) is 1. The summed E-state index contributed by atoms with van der Waals surface area (Å²) in [5, 5.41) is 4.17. The number of benzene rings is 2. The number of fused-ring (bicyclic) bond motifs is 1. The first-order valence-corrected chi connectivity index (χ1v) is 8.63. The molecule has 0 fully saturated rings. The average molecular weight is 345 g/mol. The number of carbonyl (C=O) groups excluding carboxylic acids is 1. The molecule has 4 aromatic rings. The van der Waals surface area contributed by atoms with Crippen molar-refractivity contribution in [1.29, 1.82) is 0 Å². The van der Waals surface area contributed by atoms with Crippen molar-refractivity contribution < 1.29 is 9.21 Å². The van der Waals surface area contributed by atoms with E-state index in [0.29, 0.717) is 12.2 Å². The van der Waals surface area contributed by atoms with Crippen LogP contribution in [0, 0.1) is 0 Å². The average Bonchev–Trinajstić information content (AvgIpc) is 3.33. The molecule has 130 valence electrons. The van der Waals surface area contributed by atoms with Gasteiger partial charge in [0.2, 0.25) is 5.91 Å². The van der Waals surface area contributed by atoms with Crippen molar-refractivity contribution in [2.75, 3.05) is 5.32 Å². The van der Waals surface area contributed by atoms with Gasteiger partial charge >= 0.3 is 0 Å². The Labute approximate surface area is 151 Å². The highest BCUT2D eigenvalue weighted by atomic mass is 16.3. The summed E-state index contributed by atoms with van der Waals surface area (Å²) in [7, 11) is 0. The highest BCUT2D eigenvalue weighted by Crippen LogP contribution is 2.22. The lowest BCUT2D eigenvalue weighted by Crippen LogP contribution is -2.11. The molecule has 0 aliphatic carbocycles. The van der Waals surface area contributed by atoms with Crippen molar-refractivity contribution in [2.45, 2.75) is 19.3 Å². The maximum absolute atomic E-state index is 12.2. The number of amides is 1. The molecule has 0 atom stereocenters. The minimum absolute atomic E-state index is 0.0252. The number of aryl methyl sites for hydroxylation is 1. The van der Waals surface area contributed by atoms with Crippen LogP contribution in [0.1, 0.15) is 18.4 Å². The molecule has 1 amide bonds. The Morgan fingerprint density at radius 3 is 2.77 bits per heavy atom. The molecule has 0 saturated heterocycles. The Balaban J connectivity index is 1.30. The van der Waals surface area contributed by atoms with Crippen molar-refractivity contribution in [1.82, 2.24) is 9.97 Å². The number of hydrogen-bond donors (Lipinski definition) is 2. The van der Waals surface area contributed by atoms with Crippen LogP contribution in [-0.4, -0.2) is 15.9 Å². The lowest BCUT2D eigenvalue weighted by atomic mass is 10.1. The molecule has 2 aromatic carbocycles. The molecule has 0 bridgehead atoms. The predicted octanol–water partition coefficient (Wildman–Crippen LogP) is 4.78. The number of rotatable bonds is 6. The predicted molar refractivity (Wildman–Crippen MR) is 102 cm³/mol. The highest BCUT2D eigenvalue weighted by molar-refractivity contribution is 5.91. The normalized spacial score (nSPS) is 10.9. The van der Waals surface area contributed by atoms with Crippen LogP contribution in [0.3, 0.4) is 0 Å². The monoisotopic (exact) mass is 345 g/mol. The Morgan fingerprint density at radius 1 is 1.12 bits per heavy atom. The first-order valence-electron chi connectivity index (χ1n) is 8.63.